The molecule has 104 valence electrons. The predicted molar refractivity (Wildman–Crippen MR) is 75.1 cm³/mol. The van der Waals surface area contributed by atoms with Crippen molar-refractivity contribution < 1.29 is 9.53 Å². The van der Waals surface area contributed by atoms with E-state index in [1.165, 1.54) is 5.56 Å². The molecule has 0 spiro atoms. The van der Waals surface area contributed by atoms with E-state index in [1.807, 2.05) is 17.0 Å². The van der Waals surface area contributed by atoms with Gasteiger partial charge < -0.3 is 9.64 Å². The normalized spacial score (nSPS) is 17.1. The molecule has 1 aromatic carbocycles. The van der Waals surface area contributed by atoms with Gasteiger partial charge in [0.15, 0.2) is 0 Å². The van der Waals surface area contributed by atoms with Crippen LogP contribution in [0.4, 0.5) is 0 Å². The maximum atomic E-state index is 11.4. The summed E-state index contributed by atoms with van der Waals surface area (Å²) in [6.07, 6.45) is 1.05. The SMILES string of the molecule is COc1ccc(CN2CCCN(C(C)=O)CC2)cc1. The molecule has 0 unspecified atom stereocenters. The second kappa shape index (κ2) is 6.57. The van der Waals surface area contributed by atoms with Crippen molar-refractivity contribution in [3.05, 3.63) is 29.8 Å². The van der Waals surface area contributed by atoms with Crippen LogP contribution in [0.1, 0.15) is 18.9 Å². The fourth-order valence-corrected chi connectivity index (χ4v) is 2.43. The molecule has 0 bridgehead atoms. The molecule has 4 heteroatoms. The average molecular weight is 262 g/mol. The zero-order valence-electron chi connectivity index (χ0n) is 11.8. The molecule has 19 heavy (non-hydrogen) atoms. The van der Waals surface area contributed by atoms with Gasteiger partial charge in [0.1, 0.15) is 5.75 Å². The highest BCUT2D eigenvalue weighted by Gasteiger charge is 2.16. The zero-order valence-corrected chi connectivity index (χ0v) is 11.8. The van der Waals surface area contributed by atoms with Crippen LogP contribution in [0.3, 0.4) is 0 Å². The molecule has 0 atom stereocenters. The third-order valence-corrected chi connectivity index (χ3v) is 3.60. The summed E-state index contributed by atoms with van der Waals surface area (Å²) >= 11 is 0. The second-order valence-corrected chi connectivity index (χ2v) is 4.98. The van der Waals surface area contributed by atoms with E-state index < -0.39 is 0 Å². The van der Waals surface area contributed by atoms with Gasteiger partial charge in [0.05, 0.1) is 7.11 Å². The molecular formula is C15H22N2O2. The van der Waals surface area contributed by atoms with E-state index in [0.717, 1.165) is 44.9 Å². The van der Waals surface area contributed by atoms with E-state index in [9.17, 15) is 4.79 Å². The van der Waals surface area contributed by atoms with Crippen LogP contribution in [0.15, 0.2) is 24.3 Å². The molecule has 4 nitrogen and oxygen atoms in total. The fraction of sp³-hybridized carbons (Fsp3) is 0.533. The Morgan fingerprint density at radius 2 is 1.89 bits per heavy atom. The number of hydrogen-bond donors (Lipinski definition) is 0. The van der Waals surface area contributed by atoms with Crippen LogP contribution in [0, 0.1) is 0 Å². The number of carbonyl (C=O) groups is 1. The van der Waals surface area contributed by atoms with Crippen molar-refractivity contribution in [3.63, 3.8) is 0 Å². The standard InChI is InChI=1S/C15H22N2O2/c1-13(18)17-9-3-8-16(10-11-17)12-14-4-6-15(19-2)7-5-14/h4-7H,3,8-12H2,1-2H3. The molecule has 1 heterocycles. The van der Waals surface area contributed by atoms with Crippen LogP contribution in [-0.4, -0.2) is 49.0 Å². The Kier molecular flexibility index (Phi) is 4.80. The first-order chi connectivity index (χ1) is 9.19. The quantitative estimate of drug-likeness (QED) is 0.832. The Morgan fingerprint density at radius 3 is 2.53 bits per heavy atom. The van der Waals surface area contributed by atoms with Crippen molar-refractivity contribution in [1.29, 1.82) is 0 Å². The largest absolute Gasteiger partial charge is 0.497 e. The summed E-state index contributed by atoms with van der Waals surface area (Å²) in [4.78, 5) is 15.7. The average Bonchev–Trinajstić information content (AvgIpc) is 2.65. The Hall–Kier alpha value is -1.55. The molecular weight excluding hydrogens is 240 g/mol. The molecule has 0 N–H and O–H groups in total. The van der Waals surface area contributed by atoms with E-state index in [-0.39, 0.29) is 5.91 Å². The molecule has 0 radical (unpaired) electrons. The first-order valence-electron chi connectivity index (χ1n) is 6.80. The van der Waals surface area contributed by atoms with Crippen LogP contribution >= 0.6 is 0 Å². The summed E-state index contributed by atoms with van der Waals surface area (Å²) < 4.78 is 5.16. The van der Waals surface area contributed by atoms with Crippen LogP contribution in [0.25, 0.3) is 0 Å². The highest BCUT2D eigenvalue weighted by molar-refractivity contribution is 5.73. The number of amides is 1. The van der Waals surface area contributed by atoms with Gasteiger partial charge >= 0.3 is 0 Å². The van der Waals surface area contributed by atoms with Crippen LogP contribution in [0.2, 0.25) is 0 Å². The smallest absolute Gasteiger partial charge is 0.219 e. The number of rotatable bonds is 3. The summed E-state index contributed by atoms with van der Waals surface area (Å²) in [7, 11) is 1.68. The summed E-state index contributed by atoms with van der Waals surface area (Å²) in [5, 5.41) is 0. The van der Waals surface area contributed by atoms with Crippen molar-refractivity contribution in [2.45, 2.75) is 19.9 Å². The van der Waals surface area contributed by atoms with E-state index in [2.05, 4.69) is 17.0 Å². The predicted octanol–water partition coefficient (Wildman–Crippen LogP) is 1.75. The number of carbonyl (C=O) groups excluding carboxylic acids is 1. The van der Waals surface area contributed by atoms with Crippen LogP contribution in [0.5, 0.6) is 5.75 Å². The lowest BCUT2D eigenvalue weighted by atomic mass is 10.2. The molecule has 1 aromatic rings. The third kappa shape index (κ3) is 3.96. The summed E-state index contributed by atoms with van der Waals surface area (Å²) in [6.45, 7) is 6.32. The van der Waals surface area contributed by atoms with E-state index in [0.29, 0.717) is 0 Å². The van der Waals surface area contributed by atoms with Gasteiger partial charge in [-0.3, -0.25) is 9.69 Å². The molecule has 1 fully saturated rings. The number of hydrogen-bond acceptors (Lipinski definition) is 3. The van der Waals surface area contributed by atoms with Crippen molar-refractivity contribution >= 4 is 5.91 Å². The zero-order chi connectivity index (χ0) is 13.7. The van der Waals surface area contributed by atoms with Crippen molar-refractivity contribution in [2.24, 2.45) is 0 Å². The Balaban J connectivity index is 1.90. The van der Waals surface area contributed by atoms with Gasteiger partial charge in [-0.1, -0.05) is 12.1 Å². The first-order valence-corrected chi connectivity index (χ1v) is 6.80. The fourth-order valence-electron chi connectivity index (χ4n) is 2.43. The minimum atomic E-state index is 0.186. The van der Waals surface area contributed by atoms with Crippen molar-refractivity contribution in [3.8, 4) is 5.75 Å². The monoisotopic (exact) mass is 262 g/mol. The third-order valence-electron chi connectivity index (χ3n) is 3.60. The Morgan fingerprint density at radius 1 is 1.16 bits per heavy atom. The number of ether oxygens (including phenoxy) is 1. The van der Waals surface area contributed by atoms with Gasteiger partial charge in [-0.15, -0.1) is 0 Å². The molecule has 0 aromatic heterocycles. The Bertz CT molecular complexity index is 417. The molecule has 0 saturated carbocycles. The Labute approximate surface area is 115 Å². The summed E-state index contributed by atoms with van der Waals surface area (Å²) in [6, 6.07) is 8.20. The lowest BCUT2D eigenvalue weighted by Crippen LogP contribution is -2.33. The maximum Gasteiger partial charge on any atom is 0.219 e. The first kappa shape index (κ1) is 13.9. The van der Waals surface area contributed by atoms with Crippen molar-refractivity contribution in [1.82, 2.24) is 9.80 Å². The van der Waals surface area contributed by atoms with Gasteiger partial charge in [-0.05, 0) is 24.1 Å². The molecule has 0 aliphatic carbocycles. The van der Waals surface area contributed by atoms with Crippen molar-refractivity contribution in [2.75, 3.05) is 33.3 Å². The molecule has 1 saturated heterocycles. The van der Waals surface area contributed by atoms with Crippen LogP contribution in [-0.2, 0) is 11.3 Å². The van der Waals surface area contributed by atoms with E-state index in [4.69, 9.17) is 4.74 Å². The second-order valence-electron chi connectivity index (χ2n) is 4.98. The summed E-state index contributed by atoms with van der Waals surface area (Å²) in [5.74, 6) is 1.08. The number of benzene rings is 1. The highest BCUT2D eigenvalue weighted by Crippen LogP contribution is 2.14. The van der Waals surface area contributed by atoms with E-state index in [1.54, 1.807) is 14.0 Å². The molecule has 1 amide bonds. The van der Waals surface area contributed by atoms with Gasteiger partial charge in [-0.2, -0.15) is 0 Å². The number of nitrogens with zero attached hydrogens (tertiary/aromatic N) is 2. The van der Waals surface area contributed by atoms with Crippen LogP contribution < -0.4 is 4.74 Å². The topological polar surface area (TPSA) is 32.8 Å². The lowest BCUT2D eigenvalue weighted by molar-refractivity contribution is -0.128. The minimum Gasteiger partial charge on any atom is -0.497 e. The summed E-state index contributed by atoms with van der Waals surface area (Å²) in [5.41, 5.74) is 1.29. The van der Waals surface area contributed by atoms with Gasteiger partial charge in [0, 0.05) is 39.6 Å². The minimum absolute atomic E-state index is 0.186. The highest BCUT2D eigenvalue weighted by atomic mass is 16.5. The van der Waals surface area contributed by atoms with Gasteiger partial charge in [0.2, 0.25) is 5.91 Å². The molecule has 1 aliphatic heterocycles. The number of methoxy groups -OCH3 is 1. The lowest BCUT2D eigenvalue weighted by Gasteiger charge is -2.21. The van der Waals surface area contributed by atoms with E-state index >= 15 is 0 Å². The maximum absolute atomic E-state index is 11.4. The van der Waals surface area contributed by atoms with Gasteiger partial charge in [-0.25, -0.2) is 0 Å². The molecule has 2 rings (SSSR count). The van der Waals surface area contributed by atoms with Gasteiger partial charge in [0.25, 0.3) is 0 Å². The molecule has 1 aliphatic rings.